The van der Waals surface area contributed by atoms with Crippen molar-refractivity contribution in [2.75, 3.05) is 14.2 Å². The van der Waals surface area contributed by atoms with E-state index < -0.39 is 0 Å². The first-order valence-corrected chi connectivity index (χ1v) is 6.15. The predicted octanol–water partition coefficient (Wildman–Crippen LogP) is 2.17. The second-order valence-electron chi connectivity index (χ2n) is 4.62. The molecule has 0 aliphatic heterocycles. The molecule has 0 spiro atoms. The zero-order valence-electron chi connectivity index (χ0n) is 11.7. The maximum absolute atomic E-state index is 11.9. The number of benzene rings is 1. The Kier molecular flexibility index (Phi) is 5.16. The molecule has 0 radical (unpaired) electrons. The summed E-state index contributed by atoms with van der Waals surface area (Å²) in [6.07, 6.45) is 0. The molecule has 0 aliphatic carbocycles. The molecule has 1 atom stereocenters. The molecule has 2 N–H and O–H groups in total. The van der Waals surface area contributed by atoms with Crippen LogP contribution in [-0.4, -0.2) is 20.1 Å². The Morgan fingerprint density at radius 2 is 1.94 bits per heavy atom. The zero-order valence-corrected chi connectivity index (χ0v) is 11.7. The van der Waals surface area contributed by atoms with Crippen molar-refractivity contribution in [1.29, 1.82) is 0 Å². The highest BCUT2D eigenvalue weighted by Gasteiger charge is 2.19. The fourth-order valence-electron chi connectivity index (χ4n) is 1.82. The van der Waals surface area contributed by atoms with E-state index in [0.29, 0.717) is 5.92 Å². The van der Waals surface area contributed by atoms with E-state index >= 15 is 0 Å². The molecule has 4 nitrogen and oxygen atoms in total. The molecule has 4 heteroatoms. The number of carbonyl (C=O) groups is 1. The minimum atomic E-state index is -0.258. The molecule has 1 aromatic rings. The molecule has 0 heterocycles. The van der Waals surface area contributed by atoms with E-state index in [9.17, 15) is 4.79 Å². The van der Waals surface area contributed by atoms with Gasteiger partial charge < -0.3 is 4.74 Å². The standard InChI is InChI=1S/C14H22N2O2/c1-9(2)11-6-7-13(18-5)12(8-11)10(3)14(17)16-15-4/h6-10,15H,1-5H3,(H,16,17). The fourth-order valence-corrected chi connectivity index (χ4v) is 1.82. The molecule has 1 amide bonds. The number of hydrogen-bond donors (Lipinski definition) is 2. The lowest BCUT2D eigenvalue weighted by Gasteiger charge is -2.17. The summed E-state index contributed by atoms with van der Waals surface area (Å²) in [7, 11) is 3.29. The average Bonchev–Trinajstić information content (AvgIpc) is 2.37. The van der Waals surface area contributed by atoms with Crippen molar-refractivity contribution in [2.24, 2.45) is 0 Å². The second-order valence-corrected chi connectivity index (χ2v) is 4.62. The van der Waals surface area contributed by atoms with Gasteiger partial charge in [0.15, 0.2) is 0 Å². The van der Waals surface area contributed by atoms with Crippen molar-refractivity contribution >= 4 is 5.91 Å². The average molecular weight is 250 g/mol. The minimum Gasteiger partial charge on any atom is -0.496 e. The number of ether oxygens (including phenoxy) is 1. The van der Waals surface area contributed by atoms with Crippen LogP contribution in [0.4, 0.5) is 0 Å². The van der Waals surface area contributed by atoms with Crippen LogP contribution in [0.2, 0.25) is 0 Å². The van der Waals surface area contributed by atoms with Gasteiger partial charge in [-0.05, 0) is 24.5 Å². The highest BCUT2D eigenvalue weighted by molar-refractivity contribution is 5.83. The quantitative estimate of drug-likeness (QED) is 0.787. The van der Waals surface area contributed by atoms with Gasteiger partial charge in [0, 0.05) is 12.6 Å². The fraction of sp³-hybridized carbons (Fsp3) is 0.500. The van der Waals surface area contributed by atoms with E-state index in [-0.39, 0.29) is 11.8 Å². The molecule has 100 valence electrons. The van der Waals surface area contributed by atoms with E-state index in [0.717, 1.165) is 11.3 Å². The van der Waals surface area contributed by atoms with Gasteiger partial charge in [-0.2, -0.15) is 0 Å². The van der Waals surface area contributed by atoms with Crippen LogP contribution in [0.5, 0.6) is 5.75 Å². The normalized spacial score (nSPS) is 12.3. The molecule has 0 saturated heterocycles. The monoisotopic (exact) mass is 250 g/mol. The van der Waals surface area contributed by atoms with Gasteiger partial charge in [-0.25, -0.2) is 5.43 Å². The third kappa shape index (κ3) is 3.23. The van der Waals surface area contributed by atoms with Crippen LogP contribution in [-0.2, 0) is 4.79 Å². The topological polar surface area (TPSA) is 50.4 Å². The van der Waals surface area contributed by atoms with Gasteiger partial charge in [0.05, 0.1) is 13.0 Å². The van der Waals surface area contributed by atoms with Crippen LogP contribution in [0.25, 0.3) is 0 Å². The smallest absolute Gasteiger partial charge is 0.241 e. The molecule has 0 aliphatic rings. The van der Waals surface area contributed by atoms with Crippen molar-refractivity contribution in [2.45, 2.75) is 32.6 Å². The molecule has 18 heavy (non-hydrogen) atoms. The maximum atomic E-state index is 11.9. The van der Waals surface area contributed by atoms with Crippen molar-refractivity contribution in [3.8, 4) is 5.75 Å². The van der Waals surface area contributed by atoms with Gasteiger partial charge in [-0.15, -0.1) is 0 Å². The van der Waals surface area contributed by atoms with Crippen molar-refractivity contribution in [1.82, 2.24) is 10.9 Å². The molecule has 1 aromatic carbocycles. The number of carbonyl (C=O) groups excluding carboxylic acids is 1. The molecule has 1 unspecified atom stereocenters. The molecule has 0 aromatic heterocycles. The first-order valence-electron chi connectivity index (χ1n) is 6.15. The SMILES string of the molecule is CNNC(=O)C(C)c1cc(C(C)C)ccc1OC. The van der Waals surface area contributed by atoms with Crippen LogP contribution in [0, 0.1) is 0 Å². The molecule has 0 saturated carbocycles. The third-order valence-corrected chi connectivity index (χ3v) is 3.03. The number of rotatable bonds is 5. The van der Waals surface area contributed by atoms with Gasteiger partial charge in [-0.3, -0.25) is 10.2 Å². The first kappa shape index (κ1) is 14.5. The predicted molar refractivity (Wildman–Crippen MR) is 72.7 cm³/mol. The van der Waals surface area contributed by atoms with Crippen LogP contribution >= 0.6 is 0 Å². The Balaban J connectivity index is 3.11. The molecular weight excluding hydrogens is 228 g/mol. The van der Waals surface area contributed by atoms with E-state index in [1.165, 1.54) is 5.56 Å². The summed E-state index contributed by atoms with van der Waals surface area (Å²) in [6.45, 7) is 6.13. The van der Waals surface area contributed by atoms with Gasteiger partial charge in [0.25, 0.3) is 0 Å². The summed E-state index contributed by atoms with van der Waals surface area (Å²) in [6, 6.07) is 6.01. The van der Waals surface area contributed by atoms with Crippen molar-refractivity contribution < 1.29 is 9.53 Å². The number of nitrogens with one attached hydrogen (secondary N) is 2. The van der Waals surface area contributed by atoms with Gasteiger partial charge in [0.2, 0.25) is 5.91 Å². The van der Waals surface area contributed by atoms with E-state index in [1.54, 1.807) is 14.2 Å². The lowest BCUT2D eigenvalue weighted by molar-refractivity contribution is -0.123. The molecule has 0 bridgehead atoms. The summed E-state index contributed by atoms with van der Waals surface area (Å²) in [5.74, 6) is 0.843. The highest BCUT2D eigenvalue weighted by atomic mass is 16.5. The third-order valence-electron chi connectivity index (χ3n) is 3.03. The van der Waals surface area contributed by atoms with Gasteiger partial charge in [-0.1, -0.05) is 26.0 Å². The largest absolute Gasteiger partial charge is 0.496 e. The Hall–Kier alpha value is -1.55. The van der Waals surface area contributed by atoms with Crippen LogP contribution in [0.1, 0.15) is 43.7 Å². The highest BCUT2D eigenvalue weighted by Crippen LogP contribution is 2.30. The molecule has 0 fully saturated rings. The Bertz CT molecular complexity index is 416. The first-order chi connectivity index (χ1) is 8.51. The number of hydrazine groups is 1. The van der Waals surface area contributed by atoms with E-state index in [4.69, 9.17) is 4.74 Å². The molecule has 1 rings (SSSR count). The van der Waals surface area contributed by atoms with E-state index in [2.05, 4.69) is 24.7 Å². The van der Waals surface area contributed by atoms with Crippen LogP contribution < -0.4 is 15.6 Å². The lowest BCUT2D eigenvalue weighted by atomic mass is 9.93. The summed E-state index contributed by atoms with van der Waals surface area (Å²) in [5, 5.41) is 0. The zero-order chi connectivity index (χ0) is 13.7. The number of hydrogen-bond acceptors (Lipinski definition) is 3. The van der Waals surface area contributed by atoms with Crippen LogP contribution in [0.3, 0.4) is 0 Å². The van der Waals surface area contributed by atoms with Crippen LogP contribution in [0.15, 0.2) is 18.2 Å². The minimum absolute atomic E-state index is 0.0725. The summed E-state index contributed by atoms with van der Waals surface area (Å²) in [5.41, 5.74) is 7.37. The Morgan fingerprint density at radius 1 is 1.28 bits per heavy atom. The molecular formula is C14H22N2O2. The maximum Gasteiger partial charge on any atom is 0.241 e. The number of amides is 1. The summed E-state index contributed by atoms with van der Waals surface area (Å²) >= 11 is 0. The van der Waals surface area contributed by atoms with Gasteiger partial charge in [0.1, 0.15) is 5.75 Å². The Morgan fingerprint density at radius 3 is 2.44 bits per heavy atom. The lowest BCUT2D eigenvalue weighted by Crippen LogP contribution is -2.37. The van der Waals surface area contributed by atoms with Crippen molar-refractivity contribution in [3.05, 3.63) is 29.3 Å². The Labute approximate surface area is 109 Å². The van der Waals surface area contributed by atoms with Crippen molar-refractivity contribution in [3.63, 3.8) is 0 Å². The van der Waals surface area contributed by atoms with Gasteiger partial charge >= 0.3 is 0 Å². The summed E-state index contributed by atoms with van der Waals surface area (Å²) < 4.78 is 5.33. The summed E-state index contributed by atoms with van der Waals surface area (Å²) in [4.78, 5) is 11.9. The second kappa shape index (κ2) is 6.40. The number of methoxy groups -OCH3 is 1. The van der Waals surface area contributed by atoms with E-state index in [1.807, 2.05) is 25.1 Å².